The average molecular weight is 245 g/mol. The number of hydrogen-bond acceptors (Lipinski definition) is 5. The SMILES string of the molecule is Cc1cccnc1-c1nnc(C2CCCOC2)o1. The van der Waals surface area contributed by atoms with Crippen molar-refractivity contribution < 1.29 is 9.15 Å². The highest BCUT2D eigenvalue weighted by molar-refractivity contribution is 5.51. The van der Waals surface area contributed by atoms with Crippen LogP contribution in [0.4, 0.5) is 0 Å². The maximum absolute atomic E-state index is 5.73. The fourth-order valence-electron chi connectivity index (χ4n) is 2.14. The number of aromatic nitrogens is 3. The first kappa shape index (κ1) is 11.3. The monoisotopic (exact) mass is 245 g/mol. The zero-order chi connectivity index (χ0) is 12.4. The van der Waals surface area contributed by atoms with Gasteiger partial charge in [-0.25, -0.2) is 0 Å². The normalized spacial score (nSPS) is 19.9. The molecular weight excluding hydrogens is 230 g/mol. The van der Waals surface area contributed by atoms with Crippen LogP contribution in [-0.4, -0.2) is 28.4 Å². The first-order valence-electron chi connectivity index (χ1n) is 6.18. The molecule has 1 aliphatic rings. The quantitative estimate of drug-likeness (QED) is 0.812. The topological polar surface area (TPSA) is 61.0 Å². The van der Waals surface area contributed by atoms with E-state index >= 15 is 0 Å². The third kappa shape index (κ3) is 2.13. The minimum atomic E-state index is 0.226. The summed E-state index contributed by atoms with van der Waals surface area (Å²) >= 11 is 0. The van der Waals surface area contributed by atoms with Crippen LogP contribution in [0.25, 0.3) is 11.6 Å². The second-order valence-electron chi connectivity index (χ2n) is 4.53. The molecule has 94 valence electrons. The first-order valence-corrected chi connectivity index (χ1v) is 6.18. The predicted octanol–water partition coefficient (Wildman–Crippen LogP) is 2.33. The van der Waals surface area contributed by atoms with Gasteiger partial charge < -0.3 is 9.15 Å². The van der Waals surface area contributed by atoms with E-state index in [-0.39, 0.29) is 5.92 Å². The zero-order valence-corrected chi connectivity index (χ0v) is 10.3. The maximum atomic E-state index is 5.73. The fraction of sp³-hybridized carbons (Fsp3) is 0.462. The molecule has 1 fully saturated rings. The molecule has 0 spiro atoms. The van der Waals surface area contributed by atoms with E-state index in [1.54, 1.807) is 6.20 Å². The molecule has 3 rings (SSSR count). The Hall–Kier alpha value is -1.75. The minimum Gasteiger partial charge on any atom is -0.419 e. The van der Waals surface area contributed by atoms with E-state index in [1.165, 1.54) is 0 Å². The molecular formula is C13H15N3O2. The van der Waals surface area contributed by atoms with Crippen molar-refractivity contribution in [1.29, 1.82) is 0 Å². The molecule has 2 aromatic heterocycles. The number of ether oxygens (including phenoxy) is 1. The Balaban J connectivity index is 1.87. The lowest BCUT2D eigenvalue weighted by atomic mass is 10.0. The number of nitrogens with zero attached hydrogens (tertiary/aromatic N) is 3. The Morgan fingerprint density at radius 1 is 1.33 bits per heavy atom. The Labute approximate surface area is 105 Å². The molecule has 0 saturated carbocycles. The van der Waals surface area contributed by atoms with Gasteiger partial charge in [-0.15, -0.1) is 10.2 Å². The number of pyridine rings is 1. The number of aryl methyl sites for hydroxylation is 1. The van der Waals surface area contributed by atoms with Crippen LogP contribution in [0, 0.1) is 6.92 Å². The Morgan fingerprint density at radius 2 is 2.28 bits per heavy atom. The van der Waals surface area contributed by atoms with E-state index in [9.17, 15) is 0 Å². The third-order valence-electron chi connectivity index (χ3n) is 3.16. The van der Waals surface area contributed by atoms with Crippen molar-refractivity contribution in [2.75, 3.05) is 13.2 Å². The van der Waals surface area contributed by atoms with Crippen LogP contribution in [0.5, 0.6) is 0 Å². The van der Waals surface area contributed by atoms with Gasteiger partial charge in [0.2, 0.25) is 5.89 Å². The molecule has 1 saturated heterocycles. The van der Waals surface area contributed by atoms with Crippen molar-refractivity contribution in [3.8, 4) is 11.6 Å². The van der Waals surface area contributed by atoms with Crippen LogP contribution in [-0.2, 0) is 4.74 Å². The van der Waals surface area contributed by atoms with E-state index < -0.39 is 0 Å². The Kier molecular flexibility index (Phi) is 3.06. The van der Waals surface area contributed by atoms with Gasteiger partial charge in [0.1, 0.15) is 5.69 Å². The predicted molar refractivity (Wildman–Crippen MR) is 65.1 cm³/mol. The highest BCUT2D eigenvalue weighted by Gasteiger charge is 2.22. The van der Waals surface area contributed by atoms with Crippen molar-refractivity contribution in [3.05, 3.63) is 29.8 Å². The van der Waals surface area contributed by atoms with Gasteiger partial charge in [0.05, 0.1) is 12.5 Å². The summed E-state index contributed by atoms with van der Waals surface area (Å²) in [6.07, 6.45) is 3.82. The smallest absolute Gasteiger partial charge is 0.266 e. The molecule has 0 N–H and O–H groups in total. The zero-order valence-electron chi connectivity index (χ0n) is 10.3. The van der Waals surface area contributed by atoms with E-state index in [0.29, 0.717) is 18.4 Å². The van der Waals surface area contributed by atoms with E-state index in [2.05, 4.69) is 15.2 Å². The number of hydrogen-bond donors (Lipinski definition) is 0. The molecule has 0 bridgehead atoms. The Bertz CT molecular complexity index is 533. The van der Waals surface area contributed by atoms with Gasteiger partial charge >= 0.3 is 0 Å². The average Bonchev–Trinajstić information content (AvgIpc) is 2.90. The van der Waals surface area contributed by atoms with Crippen molar-refractivity contribution in [2.24, 2.45) is 0 Å². The minimum absolute atomic E-state index is 0.226. The van der Waals surface area contributed by atoms with Crippen molar-refractivity contribution in [1.82, 2.24) is 15.2 Å². The van der Waals surface area contributed by atoms with Gasteiger partial charge in [-0.2, -0.15) is 0 Å². The van der Waals surface area contributed by atoms with Crippen LogP contribution in [0.3, 0.4) is 0 Å². The molecule has 0 aliphatic carbocycles. The summed E-state index contributed by atoms with van der Waals surface area (Å²) in [4.78, 5) is 4.28. The van der Waals surface area contributed by atoms with Gasteiger partial charge in [0.15, 0.2) is 0 Å². The van der Waals surface area contributed by atoms with E-state index in [4.69, 9.17) is 9.15 Å². The summed E-state index contributed by atoms with van der Waals surface area (Å²) < 4.78 is 11.2. The summed E-state index contributed by atoms with van der Waals surface area (Å²) in [6, 6.07) is 3.88. The van der Waals surface area contributed by atoms with Crippen molar-refractivity contribution in [2.45, 2.75) is 25.7 Å². The van der Waals surface area contributed by atoms with Gasteiger partial charge in [-0.05, 0) is 31.4 Å². The van der Waals surface area contributed by atoms with Crippen LogP contribution in [0.1, 0.15) is 30.2 Å². The summed E-state index contributed by atoms with van der Waals surface area (Å²) in [6.45, 7) is 3.48. The molecule has 5 nitrogen and oxygen atoms in total. The molecule has 5 heteroatoms. The molecule has 0 aromatic carbocycles. The third-order valence-corrected chi connectivity index (χ3v) is 3.16. The lowest BCUT2D eigenvalue weighted by molar-refractivity contribution is 0.0727. The van der Waals surface area contributed by atoms with Gasteiger partial charge in [-0.1, -0.05) is 6.07 Å². The van der Waals surface area contributed by atoms with Crippen LogP contribution in [0.2, 0.25) is 0 Å². The molecule has 0 amide bonds. The maximum Gasteiger partial charge on any atom is 0.266 e. The highest BCUT2D eigenvalue weighted by Crippen LogP contribution is 2.27. The van der Waals surface area contributed by atoms with Crippen molar-refractivity contribution in [3.63, 3.8) is 0 Å². The van der Waals surface area contributed by atoms with E-state index in [0.717, 1.165) is 30.7 Å². The molecule has 1 aliphatic heterocycles. The molecule has 18 heavy (non-hydrogen) atoms. The summed E-state index contributed by atoms with van der Waals surface area (Å²) in [7, 11) is 0. The second kappa shape index (κ2) is 4.86. The summed E-state index contributed by atoms with van der Waals surface area (Å²) in [5, 5.41) is 8.21. The van der Waals surface area contributed by atoms with Crippen LogP contribution < -0.4 is 0 Å². The first-order chi connectivity index (χ1) is 8.84. The lowest BCUT2D eigenvalue weighted by Crippen LogP contribution is -2.15. The standard InChI is InChI=1S/C13H15N3O2/c1-9-4-2-6-14-11(9)13-16-15-12(18-13)10-5-3-7-17-8-10/h2,4,6,10H,3,5,7-8H2,1H3. The lowest BCUT2D eigenvalue weighted by Gasteiger charge is -2.18. The van der Waals surface area contributed by atoms with Crippen LogP contribution in [0.15, 0.2) is 22.7 Å². The molecule has 3 heterocycles. The van der Waals surface area contributed by atoms with E-state index in [1.807, 2.05) is 19.1 Å². The highest BCUT2D eigenvalue weighted by atomic mass is 16.5. The van der Waals surface area contributed by atoms with Crippen LogP contribution >= 0.6 is 0 Å². The van der Waals surface area contributed by atoms with Gasteiger partial charge in [-0.3, -0.25) is 4.98 Å². The largest absolute Gasteiger partial charge is 0.419 e. The second-order valence-corrected chi connectivity index (χ2v) is 4.53. The van der Waals surface area contributed by atoms with Gasteiger partial charge in [0.25, 0.3) is 5.89 Å². The molecule has 2 aromatic rings. The molecule has 1 unspecified atom stereocenters. The van der Waals surface area contributed by atoms with Crippen molar-refractivity contribution >= 4 is 0 Å². The fourth-order valence-corrected chi connectivity index (χ4v) is 2.14. The molecule has 0 radical (unpaired) electrons. The Morgan fingerprint density at radius 3 is 3.06 bits per heavy atom. The molecule has 1 atom stereocenters. The summed E-state index contributed by atoms with van der Waals surface area (Å²) in [5.74, 6) is 1.38. The number of rotatable bonds is 2. The van der Waals surface area contributed by atoms with Gasteiger partial charge in [0, 0.05) is 12.8 Å². The summed E-state index contributed by atoms with van der Waals surface area (Å²) in [5.41, 5.74) is 1.79.